The van der Waals surface area contributed by atoms with Gasteiger partial charge in [-0.05, 0) is 34.9 Å². The van der Waals surface area contributed by atoms with Crippen LogP contribution in [0, 0.1) is 0 Å². The lowest BCUT2D eigenvalue weighted by Crippen LogP contribution is -2.08. The Kier molecular flexibility index (Phi) is 4.30. The average molecular weight is 330 g/mol. The molecule has 6 heteroatoms. The highest BCUT2D eigenvalue weighted by Crippen LogP contribution is 2.18. The molecule has 5 nitrogen and oxygen atoms in total. The zero-order valence-corrected chi connectivity index (χ0v) is 11.7. The maximum Gasteiger partial charge on any atom is 0.249 e. The fourth-order valence-electron chi connectivity index (χ4n) is 1.72. The molecule has 0 heterocycles. The maximum absolute atomic E-state index is 12.4. The van der Waals surface area contributed by atoms with Gasteiger partial charge in [0.1, 0.15) is 0 Å². The van der Waals surface area contributed by atoms with Gasteiger partial charge in [0.05, 0.1) is 0 Å². The molecule has 0 unspecified atom stereocenters. The van der Waals surface area contributed by atoms with Crippen molar-refractivity contribution in [2.45, 2.75) is 0 Å². The first kappa shape index (κ1) is 14.0. The third-order valence-electron chi connectivity index (χ3n) is 2.64. The van der Waals surface area contributed by atoms with Gasteiger partial charge < -0.3 is 0 Å². The molecule has 0 aliphatic heterocycles. The van der Waals surface area contributed by atoms with Crippen LogP contribution >= 0.6 is 15.9 Å². The van der Waals surface area contributed by atoms with E-state index in [0.29, 0.717) is 5.56 Å². The molecule has 98 valence electrons. The number of benzene rings is 2. The summed E-state index contributed by atoms with van der Waals surface area (Å²) in [7, 11) is 0. The van der Waals surface area contributed by atoms with Crippen molar-refractivity contribution in [1.82, 2.24) is 0 Å². The Labute approximate surface area is 123 Å². The van der Waals surface area contributed by atoms with E-state index < -0.39 is 5.91 Å². The Hall–Kier alpha value is -2.43. The van der Waals surface area contributed by atoms with Gasteiger partial charge in [-0.2, -0.15) is 0 Å². The normalized spacial score (nSPS) is 9.65. The first-order valence-electron chi connectivity index (χ1n) is 5.62. The second-order valence-corrected chi connectivity index (χ2v) is 4.79. The van der Waals surface area contributed by atoms with Gasteiger partial charge in [-0.1, -0.05) is 40.2 Å². The molecule has 0 saturated carbocycles. The van der Waals surface area contributed by atoms with Crippen molar-refractivity contribution in [2.75, 3.05) is 0 Å². The van der Waals surface area contributed by atoms with E-state index in [9.17, 15) is 9.59 Å². The number of halogens is 1. The third-order valence-corrected chi connectivity index (χ3v) is 3.17. The summed E-state index contributed by atoms with van der Waals surface area (Å²) >= 11 is 3.29. The van der Waals surface area contributed by atoms with Crippen LogP contribution in [0.5, 0.6) is 0 Å². The van der Waals surface area contributed by atoms with Gasteiger partial charge in [-0.25, -0.2) is 0 Å². The minimum absolute atomic E-state index is 0.0956. The fourth-order valence-corrected chi connectivity index (χ4v) is 1.98. The number of amides is 1. The van der Waals surface area contributed by atoms with E-state index in [0.717, 1.165) is 4.47 Å². The van der Waals surface area contributed by atoms with E-state index in [-0.39, 0.29) is 16.9 Å². The maximum atomic E-state index is 12.4. The van der Waals surface area contributed by atoms with Crippen LogP contribution in [0.2, 0.25) is 0 Å². The second kappa shape index (κ2) is 6.14. The molecule has 0 N–H and O–H groups in total. The van der Waals surface area contributed by atoms with Gasteiger partial charge in [0.2, 0.25) is 5.91 Å². The smallest absolute Gasteiger partial charge is 0.249 e. The summed E-state index contributed by atoms with van der Waals surface area (Å²) in [6.07, 6.45) is 0. The van der Waals surface area contributed by atoms with Crippen LogP contribution in [0.1, 0.15) is 26.3 Å². The Bertz CT molecular complexity index is 719. The predicted octanol–water partition coefficient (Wildman–Crippen LogP) is 4.13. The van der Waals surface area contributed by atoms with E-state index in [1.165, 1.54) is 12.1 Å². The average Bonchev–Trinajstić information content (AvgIpc) is 2.47. The topological polar surface area (TPSA) is 82.9 Å². The van der Waals surface area contributed by atoms with Crippen molar-refractivity contribution in [1.29, 1.82) is 0 Å². The second-order valence-electron chi connectivity index (χ2n) is 3.88. The van der Waals surface area contributed by atoms with E-state index in [1.807, 2.05) is 0 Å². The van der Waals surface area contributed by atoms with Crippen LogP contribution in [0.3, 0.4) is 0 Å². The zero-order chi connectivity index (χ0) is 14.5. The van der Waals surface area contributed by atoms with Crippen LogP contribution in [0.4, 0.5) is 0 Å². The quantitative estimate of drug-likeness (QED) is 0.367. The van der Waals surface area contributed by atoms with Gasteiger partial charge >= 0.3 is 0 Å². The summed E-state index contributed by atoms with van der Waals surface area (Å²) in [6, 6.07) is 13.0. The van der Waals surface area contributed by atoms with Crippen molar-refractivity contribution in [3.63, 3.8) is 0 Å². The SMILES string of the molecule is [N-]=[N+]=NC(=O)c1ccccc1C(=O)c1ccc(Br)cc1. The Balaban J connectivity index is 2.47. The molecule has 0 radical (unpaired) electrons. The number of hydrogen-bond donors (Lipinski definition) is 0. The van der Waals surface area contributed by atoms with E-state index in [1.54, 1.807) is 36.4 Å². The minimum atomic E-state index is -0.770. The lowest BCUT2D eigenvalue weighted by molar-refractivity contribution is 0.0981. The Morgan fingerprint density at radius 1 is 1.00 bits per heavy atom. The van der Waals surface area contributed by atoms with Crippen LogP contribution in [0.15, 0.2) is 58.1 Å². The molecular weight excluding hydrogens is 322 g/mol. The van der Waals surface area contributed by atoms with Gasteiger partial charge in [0, 0.05) is 26.1 Å². The molecule has 1 amide bonds. The molecule has 0 aromatic heterocycles. The largest absolute Gasteiger partial charge is 0.289 e. The first-order valence-corrected chi connectivity index (χ1v) is 6.41. The van der Waals surface area contributed by atoms with Gasteiger partial charge in [0.25, 0.3) is 0 Å². The number of hydrogen-bond acceptors (Lipinski definition) is 2. The summed E-state index contributed by atoms with van der Waals surface area (Å²) in [4.78, 5) is 26.5. The molecule has 0 atom stereocenters. The van der Waals surface area contributed by atoms with Crippen molar-refractivity contribution >= 4 is 27.6 Å². The Morgan fingerprint density at radius 3 is 2.20 bits per heavy atom. The molecule has 0 bridgehead atoms. The van der Waals surface area contributed by atoms with Crippen LogP contribution in [0.25, 0.3) is 10.4 Å². The number of ketones is 1. The van der Waals surface area contributed by atoms with Gasteiger partial charge in [-0.3, -0.25) is 9.59 Å². The van der Waals surface area contributed by atoms with E-state index >= 15 is 0 Å². The summed E-state index contributed by atoms with van der Waals surface area (Å²) in [5.41, 5.74) is 9.09. The molecule has 2 aromatic carbocycles. The molecule has 0 fully saturated rings. The molecule has 0 spiro atoms. The monoisotopic (exact) mass is 329 g/mol. The van der Waals surface area contributed by atoms with Crippen LogP contribution in [-0.2, 0) is 0 Å². The molecule has 2 rings (SSSR count). The highest BCUT2D eigenvalue weighted by atomic mass is 79.9. The van der Waals surface area contributed by atoms with Crippen LogP contribution in [-0.4, -0.2) is 11.7 Å². The summed E-state index contributed by atoms with van der Waals surface area (Å²) in [5.74, 6) is -1.07. The Morgan fingerprint density at radius 2 is 1.60 bits per heavy atom. The minimum Gasteiger partial charge on any atom is -0.289 e. The summed E-state index contributed by atoms with van der Waals surface area (Å²) in [6.45, 7) is 0. The highest BCUT2D eigenvalue weighted by molar-refractivity contribution is 9.10. The third kappa shape index (κ3) is 2.93. The van der Waals surface area contributed by atoms with Gasteiger partial charge in [-0.15, -0.1) is 0 Å². The molecule has 0 aliphatic carbocycles. The van der Waals surface area contributed by atoms with Crippen molar-refractivity contribution in [3.8, 4) is 0 Å². The summed E-state index contributed by atoms with van der Waals surface area (Å²) < 4.78 is 0.854. The lowest BCUT2D eigenvalue weighted by atomic mass is 9.98. The van der Waals surface area contributed by atoms with E-state index in [4.69, 9.17) is 5.53 Å². The highest BCUT2D eigenvalue weighted by Gasteiger charge is 2.16. The molecule has 0 saturated heterocycles. The summed E-state index contributed by atoms with van der Waals surface area (Å²) in [5, 5.41) is 3.03. The lowest BCUT2D eigenvalue weighted by Gasteiger charge is -2.05. The van der Waals surface area contributed by atoms with Crippen LogP contribution < -0.4 is 0 Å². The molecule has 2 aromatic rings. The van der Waals surface area contributed by atoms with Crippen molar-refractivity contribution in [2.24, 2.45) is 5.11 Å². The number of azide groups is 1. The molecular formula is C14H8BrN3O2. The number of nitrogens with zero attached hydrogens (tertiary/aromatic N) is 3. The van der Waals surface area contributed by atoms with Gasteiger partial charge in [0.15, 0.2) is 5.78 Å². The molecule has 0 aliphatic rings. The van der Waals surface area contributed by atoms with E-state index in [2.05, 4.69) is 26.0 Å². The fraction of sp³-hybridized carbons (Fsp3) is 0. The standard InChI is InChI=1S/C14H8BrN3O2/c15-10-7-5-9(6-8-10)13(19)11-3-1-2-4-12(11)14(20)17-18-16/h1-8H. The molecule has 20 heavy (non-hydrogen) atoms. The number of carbonyl (C=O) groups is 2. The number of carbonyl (C=O) groups excluding carboxylic acids is 2. The zero-order valence-electron chi connectivity index (χ0n) is 10.2. The van der Waals surface area contributed by atoms with Crippen molar-refractivity contribution < 1.29 is 9.59 Å². The predicted molar refractivity (Wildman–Crippen MR) is 77.5 cm³/mol. The first-order chi connectivity index (χ1) is 9.63. The van der Waals surface area contributed by atoms with Crippen molar-refractivity contribution in [3.05, 3.63) is 80.1 Å². The number of rotatable bonds is 3.